The van der Waals surface area contributed by atoms with E-state index in [1.54, 1.807) is 7.11 Å². The van der Waals surface area contributed by atoms with Gasteiger partial charge in [-0.3, -0.25) is 0 Å². The fraction of sp³-hybridized carbons (Fsp3) is 0.600. The molecule has 1 aromatic heterocycles. The highest BCUT2D eigenvalue weighted by Gasteiger charge is 2.23. The van der Waals surface area contributed by atoms with E-state index in [0.29, 0.717) is 23.4 Å². The molecule has 0 spiro atoms. The monoisotopic (exact) mass is 208 g/mol. The van der Waals surface area contributed by atoms with Crippen molar-refractivity contribution in [1.82, 2.24) is 9.97 Å². The van der Waals surface area contributed by atoms with Crippen molar-refractivity contribution in [3.8, 4) is 5.88 Å². The SMILES string of the molecule is CCc1nc(NC2CC2)c(N)c(OC)n1. The van der Waals surface area contributed by atoms with E-state index in [1.165, 1.54) is 12.8 Å². The number of rotatable bonds is 4. The maximum Gasteiger partial charge on any atom is 0.242 e. The number of hydrogen-bond acceptors (Lipinski definition) is 5. The highest BCUT2D eigenvalue weighted by molar-refractivity contribution is 5.67. The topological polar surface area (TPSA) is 73.1 Å². The average molecular weight is 208 g/mol. The van der Waals surface area contributed by atoms with Gasteiger partial charge in [-0.25, -0.2) is 4.98 Å². The predicted molar refractivity (Wildman–Crippen MR) is 59.0 cm³/mol. The van der Waals surface area contributed by atoms with Gasteiger partial charge < -0.3 is 15.8 Å². The lowest BCUT2D eigenvalue weighted by Gasteiger charge is -2.11. The highest BCUT2D eigenvalue weighted by atomic mass is 16.5. The summed E-state index contributed by atoms with van der Waals surface area (Å²) in [6, 6.07) is 0.525. The zero-order valence-corrected chi connectivity index (χ0v) is 9.08. The lowest BCUT2D eigenvalue weighted by Crippen LogP contribution is -2.10. The Morgan fingerprint density at radius 3 is 2.73 bits per heavy atom. The number of nitrogens with two attached hydrogens (primary N) is 1. The minimum absolute atomic E-state index is 0.463. The Kier molecular flexibility index (Phi) is 2.62. The van der Waals surface area contributed by atoms with Crippen molar-refractivity contribution in [3.63, 3.8) is 0 Å². The normalized spacial score (nSPS) is 15.1. The largest absolute Gasteiger partial charge is 0.479 e. The summed E-state index contributed by atoms with van der Waals surface area (Å²) < 4.78 is 5.11. The molecule has 1 aromatic rings. The number of nitrogen functional groups attached to an aromatic ring is 1. The van der Waals surface area contributed by atoms with E-state index in [1.807, 2.05) is 6.92 Å². The molecule has 2 rings (SSSR count). The molecule has 3 N–H and O–H groups in total. The third kappa shape index (κ3) is 2.11. The highest BCUT2D eigenvalue weighted by Crippen LogP contribution is 2.30. The predicted octanol–water partition coefficient (Wildman–Crippen LogP) is 1.20. The van der Waals surface area contributed by atoms with Gasteiger partial charge in [0.1, 0.15) is 11.5 Å². The first kappa shape index (κ1) is 10.0. The van der Waals surface area contributed by atoms with E-state index in [0.717, 1.165) is 12.2 Å². The third-order valence-electron chi connectivity index (χ3n) is 2.38. The van der Waals surface area contributed by atoms with Gasteiger partial charge in [-0.15, -0.1) is 0 Å². The van der Waals surface area contributed by atoms with E-state index in [9.17, 15) is 0 Å². The van der Waals surface area contributed by atoms with Crippen LogP contribution >= 0.6 is 0 Å². The molecule has 0 unspecified atom stereocenters. The maximum absolute atomic E-state index is 5.88. The molecule has 1 aliphatic carbocycles. The van der Waals surface area contributed by atoms with Crippen molar-refractivity contribution >= 4 is 11.5 Å². The second-order valence-corrected chi connectivity index (χ2v) is 3.68. The molecule has 0 atom stereocenters. The van der Waals surface area contributed by atoms with Crippen LogP contribution in [0.25, 0.3) is 0 Å². The Labute approximate surface area is 89.1 Å². The minimum atomic E-state index is 0.463. The summed E-state index contributed by atoms with van der Waals surface area (Å²) >= 11 is 0. The summed E-state index contributed by atoms with van der Waals surface area (Å²) in [5.74, 6) is 1.93. The Morgan fingerprint density at radius 2 is 2.20 bits per heavy atom. The lowest BCUT2D eigenvalue weighted by molar-refractivity contribution is 0.397. The van der Waals surface area contributed by atoms with E-state index in [4.69, 9.17) is 10.5 Å². The van der Waals surface area contributed by atoms with E-state index in [-0.39, 0.29) is 0 Å². The molecule has 0 radical (unpaired) electrons. The van der Waals surface area contributed by atoms with Crippen LogP contribution in [0, 0.1) is 0 Å². The smallest absolute Gasteiger partial charge is 0.242 e. The molecule has 0 saturated heterocycles. The molecule has 1 aliphatic rings. The van der Waals surface area contributed by atoms with Gasteiger partial charge in [-0.2, -0.15) is 4.98 Å². The van der Waals surface area contributed by atoms with Gasteiger partial charge in [-0.05, 0) is 12.8 Å². The Bertz CT molecular complexity index is 363. The number of hydrogen-bond donors (Lipinski definition) is 2. The Morgan fingerprint density at radius 1 is 1.47 bits per heavy atom. The first-order valence-electron chi connectivity index (χ1n) is 5.21. The summed E-state index contributed by atoms with van der Waals surface area (Å²) in [6.45, 7) is 2.01. The van der Waals surface area contributed by atoms with E-state index < -0.39 is 0 Å². The van der Waals surface area contributed by atoms with Gasteiger partial charge in [0.2, 0.25) is 5.88 Å². The first-order valence-corrected chi connectivity index (χ1v) is 5.21. The van der Waals surface area contributed by atoms with Crippen molar-refractivity contribution in [2.24, 2.45) is 0 Å². The van der Waals surface area contributed by atoms with Crippen molar-refractivity contribution in [2.45, 2.75) is 32.2 Å². The van der Waals surface area contributed by atoms with Gasteiger partial charge in [-0.1, -0.05) is 6.92 Å². The summed E-state index contributed by atoms with van der Waals surface area (Å²) in [5, 5.41) is 3.28. The molecule has 5 nitrogen and oxygen atoms in total. The number of nitrogens with zero attached hydrogens (tertiary/aromatic N) is 2. The molecule has 0 bridgehead atoms. The Balaban J connectivity index is 2.31. The molecule has 5 heteroatoms. The molecular weight excluding hydrogens is 192 g/mol. The van der Waals surface area contributed by atoms with Crippen LogP contribution in [0.3, 0.4) is 0 Å². The fourth-order valence-corrected chi connectivity index (χ4v) is 1.34. The molecule has 0 amide bonds. The van der Waals surface area contributed by atoms with Crippen molar-refractivity contribution in [2.75, 3.05) is 18.2 Å². The summed E-state index contributed by atoms with van der Waals surface area (Å²) in [4.78, 5) is 8.55. The minimum Gasteiger partial charge on any atom is -0.479 e. The van der Waals surface area contributed by atoms with Gasteiger partial charge in [0.25, 0.3) is 0 Å². The van der Waals surface area contributed by atoms with E-state index in [2.05, 4.69) is 15.3 Å². The van der Waals surface area contributed by atoms with Gasteiger partial charge in [0.05, 0.1) is 7.11 Å². The van der Waals surface area contributed by atoms with Gasteiger partial charge in [0, 0.05) is 12.5 Å². The molecule has 1 saturated carbocycles. The Hall–Kier alpha value is -1.52. The van der Waals surface area contributed by atoms with Crippen LogP contribution in [0.2, 0.25) is 0 Å². The number of aromatic nitrogens is 2. The number of anilines is 2. The van der Waals surface area contributed by atoms with Gasteiger partial charge in [0.15, 0.2) is 5.82 Å². The first-order chi connectivity index (χ1) is 7.24. The number of aryl methyl sites for hydroxylation is 1. The van der Waals surface area contributed by atoms with Crippen molar-refractivity contribution < 1.29 is 4.74 Å². The van der Waals surface area contributed by atoms with Crippen LogP contribution in [0.1, 0.15) is 25.6 Å². The molecule has 0 aromatic carbocycles. The molecular formula is C10H16N4O. The number of ether oxygens (including phenoxy) is 1. The van der Waals surface area contributed by atoms with Crippen LogP contribution in [0.15, 0.2) is 0 Å². The molecule has 0 aliphatic heterocycles. The zero-order chi connectivity index (χ0) is 10.8. The van der Waals surface area contributed by atoms with Crippen molar-refractivity contribution in [1.29, 1.82) is 0 Å². The molecule has 82 valence electrons. The van der Waals surface area contributed by atoms with Crippen LogP contribution < -0.4 is 15.8 Å². The zero-order valence-electron chi connectivity index (χ0n) is 9.08. The molecule has 1 heterocycles. The second kappa shape index (κ2) is 3.92. The standard InChI is InChI=1S/C10H16N4O/c1-3-7-13-9(12-6-4-5-6)8(11)10(14-7)15-2/h6H,3-5,11H2,1-2H3,(H,12,13,14). The van der Waals surface area contributed by atoms with Gasteiger partial charge >= 0.3 is 0 Å². The third-order valence-corrected chi connectivity index (χ3v) is 2.38. The number of methoxy groups -OCH3 is 1. The second-order valence-electron chi connectivity index (χ2n) is 3.68. The average Bonchev–Trinajstić information content (AvgIpc) is 3.05. The maximum atomic E-state index is 5.88. The lowest BCUT2D eigenvalue weighted by atomic mass is 10.4. The van der Waals surface area contributed by atoms with E-state index >= 15 is 0 Å². The van der Waals surface area contributed by atoms with Crippen LogP contribution in [0.5, 0.6) is 5.88 Å². The van der Waals surface area contributed by atoms with Crippen LogP contribution in [-0.4, -0.2) is 23.1 Å². The fourth-order valence-electron chi connectivity index (χ4n) is 1.34. The number of nitrogens with one attached hydrogen (secondary N) is 1. The quantitative estimate of drug-likeness (QED) is 0.778. The molecule has 1 fully saturated rings. The summed E-state index contributed by atoms with van der Waals surface area (Å²) in [6.07, 6.45) is 3.15. The summed E-state index contributed by atoms with van der Waals surface area (Å²) in [7, 11) is 1.57. The van der Waals surface area contributed by atoms with Crippen LogP contribution in [0.4, 0.5) is 11.5 Å². The van der Waals surface area contributed by atoms with Crippen molar-refractivity contribution in [3.05, 3.63) is 5.82 Å². The summed E-state index contributed by atoms with van der Waals surface area (Å²) in [5.41, 5.74) is 6.38. The molecule has 15 heavy (non-hydrogen) atoms. The van der Waals surface area contributed by atoms with Crippen LogP contribution in [-0.2, 0) is 6.42 Å².